The summed E-state index contributed by atoms with van der Waals surface area (Å²) in [5.74, 6) is 0.482. The minimum Gasteiger partial charge on any atom is -0.490 e. The Morgan fingerprint density at radius 2 is 1.71 bits per heavy atom. The molecule has 156 valence electrons. The molecule has 0 unspecified atom stereocenters. The van der Waals surface area contributed by atoms with E-state index in [-0.39, 0.29) is 11.1 Å². The number of aromatic nitrogens is 1. The lowest BCUT2D eigenvalue weighted by atomic mass is 10.2. The zero-order valence-corrected chi connectivity index (χ0v) is 18.2. The summed E-state index contributed by atoms with van der Waals surface area (Å²) in [5.41, 5.74) is 4.51. The quantitative estimate of drug-likeness (QED) is 0.361. The lowest BCUT2D eigenvalue weighted by molar-refractivity contribution is -0.113. The number of imide groups is 1. The van der Waals surface area contributed by atoms with Gasteiger partial charge in [0.15, 0.2) is 0 Å². The van der Waals surface area contributed by atoms with Gasteiger partial charge in [-0.25, -0.2) is 4.90 Å². The summed E-state index contributed by atoms with van der Waals surface area (Å²) in [6.45, 7) is 8.14. The zero-order valence-electron chi connectivity index (χ0n) is 17.4. The molecule has 4 rings (SSSR count). The molecule has 1 aliphatic heterocycles. The van der Waals surface area contributed by atoms with Crippen molar-refractivity contribution < 1.29 is 14.3 Å². The molecule has 6 heteroatoms. The molecule has 0 radical (unpaired) electrons. The van der Waals surface area contributed by atoms with Crippen LogP contribution in [0.25, 0.3) is 11.8 Å². The van der Waals surface area contributed by atoms with Crippen LogP contribution in [-0.2, 0) is 4.79 Å². The Bertz CT molecular complexity index is 1180. The molecule has 1 fully saturated rings. The van der Waals surface area contributed by atoms with Crippen molar-refractivity contribution in [3.8, 4) is 11.4 Å². The van der Waals surface area contributed by atoms with Gasteiger partial charge in [0, 0.05) is 17.1 Å². The van der Waals surface area contributed by atoms with Gasteiger partial charge < -0.3 is 9.30 Å². The van der Waals surface area contributed by atoms with E-state index in [1.807, 2.05) is 62.4 Å². The summed E-state index contributed by atoms with van der Waals surface area (Å²) < 4.78 is 7.67. The van der Waals surface area contributed by atoms with E-state index in [1.165, 1.54) is 4.90 Å². The third-order valence-electron chi connectivity index (χ3n) is 5.03. The van der Waals surface area contributed by atoms with E-state index in [4.69, 9.17) is 4.74 Å². The molecule has 1 saturated heterocycles. The SMILES string of the molecule is C=CCOc1ccc(-n2c(C)cc(/C=C3/SC(=O)N(c4ccccc4)C3=O)c2C)cc1. The highest BCUT2D eigenvalue weighted by molar-refractivity contribution is 8.19. The van der Waals surface area contributed by atoms with Crippen LogP contribution < -0.4 is 9.64 Å². The summed E-state index contributed by atoms with van der Waals surface area (Å²) in [7, 11) is 0. The van der Waals surface area contributed by atoms with Gasteiger partial charge in [-0.2, -0.15) is 0 Å². The third-order valence-corrected chi connectivity index (χ3v) is 5.90. The summed E-state index contributed by atoms with van der Waals surface area (Å²) in [4.78, 5) is 27.0. The standard InChI is InChI=1S/C25H22N2O3S/c1-4-14-30-22-12-10-21(11-13-22)26-17(2)15-19(18(26)3)16-23-24(28)27(25(29)31-23)20-8-6-5-7-9-20/h4-13,15-16H,1,14H2,2-3H3/b23-16+. The van der Waals surface area contributed by atoms with Crippen LogP contribution in [0.4, 0.5) is 10.5 Å². The molecule has 2 heterocycles. The van der Waals surface area contributed by atoms with Gasteiger partial charge in [0.2, 0.25) is 0 Å². The maximum atomic E-state index is 12.9. The lowest BCUT2D eigenvalue weighted by Gasteiger charge is -2.11. The molecule has 0 saturated carbocycles. The van der Waals surface area contributed by atoms with Crippen LogP contribution in [0.5, 0.6) is 5.75 Å². The molecule has 2 amide bonds. The van der Waals surface area contributed by atoms with E-state index in [2.05, 4.69) is 11.1 Å². The Hall–Kier alpha value is -3.51. The number of aryl methyl sites for hydroxylation is 1. The van der Waals surface area contributed by atoms with E-state index in [1.54, 1.807) is 24.3 Å². The normalized spacial score (nSPS) is 15.0. The number of amides is 2. The van der Waals surface area contributed by atoms with Gasteiger partial charge in [0.25, 0.3) is 11.1 Å². The first-order chi connectivity index (χ1) is 15.0. The molecular weight excluding hydrogens is 408 g/mol. The maximum absolute atomic E-state index is 12.9. The Morgan fingerprint density at radius 1 is 1.00 bits per heavy atom. The van der Waals surface area contributed by atoms with Gasteiger partial charge >= 0.3 is 0 Å². The van der Waals surface area contributed by atoms with Crippen LogP contribution >= 0.6 is 11.8 Å². The van der Waals surface area contributed by atoms with Crippen molar-refractivity contribution in [1.29, 1.82) is 0 Å². The highest BCUT2D eigenvalue weighted by Crippen LogP contribution is 2.36. The van der Waals surface area contributed by atoms with Crippen molar-refractivity contribution in [3.63, 3.8) is 0 Å². The predicted octanol–water partition coefficient (Wildman–Crippen LogP) is 5.90. The van der Waals surface area contributed by atoms with E-state index in [0.717, 1.165) is 40.2 Å². The van der Waals surface area contributed by atoms with Crippen molar-refractivity contribution in [2.75, 3.05) is 11.5 Å². The molecule has 0 atom stereocenters. The van der Waals surface area contributed by atoms with Gasteiger partial charge in [-0.3, -0.25) is 9.59 Å². The van der Waals surface area contributed by atoms with Gasteiger partial charge in [-0.15, -0.1) is 0 Å². The Balaban J connectivity index is 1.63. The molecular formula is C25H22N2O3S. The van der Waals surface area contributed by atoms with Crippen LogP contribution in [0.3, 0.4) is 0 Å². The number of rotatable bonds is 6. The first kappa shape index (κ1) is 20.8. The van der Waals surface area contributed by atoms with Gasteiger partial charge in [0.1, 0.15) is 12.4 Å². The monoisotopic (exact) mass is 430 g/mol. The number of thioether (sulfide) groups is 1. The third kappa shape index (κ3) is 4.07. The second-order valence-electron chi connectivity index (χ2n) is 7.11. The molecule has 31 heavy (non-hydrogen) atoms. The summed E-state index contributed by atoms with van der Waals surface area (Å²) in [5, 5.41) is -0.286. The van der Waals surface area contributed by atoms with Crippen LogP contribution in [0, 0.1) is 13.8 Å². The highest BCUT2D eigenvalue weighted by atomic mass is 32.2. The number of anilines is 1. The first-order valence-electron chi connectivity index (χ1n) is 9.85. The second kappa shape index (κ2) is 8.70. The number of hydrogen-bond donors (Lipinski definition) is 0. The number of carbonyl (C=O) groups is 2. The first-order valence-corrected chi connectivity index (χ1v) is 10.7. The lowest BCUT2D eigenvalue weighted by Crippen LogP contribution is -2.27. The van der Waals surface area contributed by atoms with Gasteiger partial charge in [-0.05, 0) is 79.7 Å². The average Bonchev–Trinajstić information content (AvgIpc) is 3.21. The number of carbonyl (C=O) groups excluding carboxylic acids is 2. The topological polar surface area (TPSA) is 51.5 Å². The van der Waals surface area contributed by atoms with Crippen molar-refractivity contribution >= 4 is 34.7 Å². The fraction of sp³-hybridized carbons (Fsp3) is 0.120. The van der Waals surface area contributed by atoms with E-state index < -0.39 is 0 Å². The van der Waals surface area contributed by atoms with E-state index >= 15 is 0 Å². The Kier molecular flexibility index (Phi) is 5.82. The fourth-order valence-electron chi connectivity index (χ4n) is 3.59. The number of hydrogen-bond acceptors (Lipinski definition) is 4. The molecule has 0 aliphatic carbocycles. The summed E-state index contributed by atoms with van der Waals surface area (Å²) in [6.07, 6.45) is 3.51. The Morgan fingerprint density at radius 3 is 2.39 bits per heavy atom. The highest BCUT2D eigenvalue weighted by Gasteiger charge is 2.36. The van der Waals surface area contributed by atoms with Crippen molar-refractivity contribution in [3.05, 3.63) is 95.2 Å². The van der Waals surface area contributed by atoms with Crippen LogP contribution in [0.2, 0.25) is 0 Å². The summed E-state index contributed by atoms with van der Waals surface area (Å²) in [6, 6.07) is 18.8. The minimum absolute atomic E-state index is 0.286. The number of para-hydroxylation sites is 1. The summed E-state index contributed by atoms with van der Waals surface area (Å²) >= 11 is 0.965. The van der Waals surface area contributed by atoms with E-state index in [0.29, 0.717) is 17.2 Å². The zero-order chi connectivity index (χ0) is 22.0. The largest absolute Gasteiger partial charge is 0.490 e. The number of benzene rings is 2. The smallest absolute Gasteiger partial charge is 0.298 e. The van der Waals surface area contributed by atoms with Crippen molar-refractivity contribution in [2.24, 2.45) is 0 Å². The Labute approximate surface area is 185 Å². The molecule has 1 aromatic heterocycles. The average molecular weight is 431 g/mol. The molecule has 0 N–H and O–H groups in total. The van der Waals surface area contributed by atoms with Crippen LogP contribution in [0.1, 0.15) is 17.0 Å². The minimum atomic E-state index is -0.297. The molecule has 0 bridgehead atoms. The number of ether oxygens (including phenoxy) is 1. The van der Waals surface area contributed by atoms with E-state index in [9.17, 15) is 9.59 Å². The molecule has 2 aromatic carbocycles. The second-order valence-corrected chi connectivity index (χ2v) is 8.10. The van der Waals surface area contributed by atoms with Crippen LogP contribution in [-0.4, -0.2) is 22.3 Å². The molecule has 1 aliphatic rings. The van der Waals surface area contributed by atoms with Crippen molar-refractivity contribution in [2.45, 2.75) is 13.8 Å². The predicted molar refractivity (Wildman–Crippen MR) is 126 cm³/mol. The number of nitrogens with zero attached hydrogens (tertiary/aromatic N) is 2. The van der Waals surface area contributed by atoms with Crippen molar-refractivity contribution in [1.82, 2.24) is 4.57 Å². The fourth-order valence-corrected chi connectivity index (χ4v) is 4.42. The maximum Gasteiger partial charge on any atom is 0.298 e. The molecule has 5 nitrogen and oxygen atoms in total. The van der Waals surface area contributed by atoms with Crippen LogP contribution in [0.15, 0.2) is 78.2 Å². The molecule has 3 aromatic rings. The van der Waals surface area contributed by atoms with Gasteiger partial charge in [0.05, 0.1) is 10.6 Å². The van der Waals surface area contributed by atoms with Gasteiger partial charge in [-0.1, -0.05) is 30.9 Å². The molecule has 0 spiro atoms.